The van der Waals surface area contributed by atoms with Crippen molar-refractivity contribution in [1.82, 2.24) is 9.97 Å². The Kier molecular flexibility index (Phi) is 4.09. The monoisotopic (exact) mass is 335 g/mol. The number of hydrogen-bond donors (Lipinski definition) is 2. The van der Waals surface area contributed by atoms with Crippen molar-refractivity contribution in [1.29, 1.82) is 0 Å². The van der Waals surface area contributed by atoms with Crippen molar-refractivity contribution < 1.29 is 17.9 Å². The highest BCUT2D eigenvalue weighted by atomic mass is 19.4. The van der Waals surface area contributed by atoms with E-state index in [0.29, 0.717) is 30.1 Å². The molecular weight excluding hydrogens is 319 g/mol. The maximum Gasteiger partial charge on any atom is 0.416 e. The van der Waals surface area contributed by atoms with Gasteiger partial charge in [-0.2, -0.15) is 13.2 Å². The summed E-state index contributed by atoms with van der Waals surface area (Å²) < 4.78 is 43.2. The lowest BCUT2D eigenvalue weighted by Gasteiger charge is -2.09. The van der Waals surface area contributed by atoms with Crippen molar-refractivity contribution >= 4 is 16.7 Å². The first-order valence-electron chi connectivity index (χ1n) is 7.38. The summed E-state index contributed by atoms with van der Waals surface area (Å²) in [5.74, 6) is 0.443. The lowest BCUT2D eigenvalue weighted by molar-refractivity contribution is -0.137. The Balaban J connectivity index is 1.65. The Hall–Kier alpha value is -2.70. The van der Waals surface area contributed by atoms with Crippen molar-refractivity contribution in [2.75, 3.05) is 12.3 Å². The first-order valence-corrected chi connectivity index (χ1v) is 7.38. The number of nitrogens with two attached hydrogens (primary N) is 1. The van der Waals surface area contributed by atoms with Crippen LogP contribution < -0.4 is 10.5 Å². The molecule has 0 aliphatic carbocycles. The van der Waals surface area contributed by atoms with Gasteiger partial charge in [0.1, 0.15) is 5.52 Å². The number of anilines is 1. The Bertz CT molecular complexity index is 854. The van der Waals surface area contributed by atoms with Crippen molar-refractivity contribution in [3.05, 3.63) is 53.2 Å². The van der Waals surface area contributed by atoms with Crippen LogP contribution in [0.25, 0.3) is 11.0 Å². The lowest BCUT2D eigenvalue weighted by atomic mass is 10.1. The molecule has 2 heterocycles. The molecule has 0 aliphatic rings. The Labute approximate surface area is 136 Å². The summed E-state index contributed by atoms with van der Waals surface area (Å²) in [6.07, 6.45) is -2.15. The van der Waals surface area contributed by atoms with Gasteiger partial charge in [0.25, 0.3) is 0 Å². The molecule has 3 aromatic rings. The number of H-pyrrole nitrogens is 1. The number of pyridine rings is 1. The summed E-state index contributed by atoms with van der Waals surface area (Å²) in [5.41, 5.74) is 8.97. The number of aryl methyl sites for hydroxylation is 1. The molecule has 4 nitrogen and oxygen atoms in total. The van der Waals surface area contributed by atoms with Gasteiger partial charge < -0.3 is 15.5 Å². The van der Waals surface area contributed by atoms with Crippen LogP contribution in [0.5, 0.6) is 5.88 Å². The third-order valence-electron chi connectivity index (χ3n) is 3.76. The minimum absolute atomic E-state index is 0.313. The first-order chi connectivity index (χ1) is 11.3. The van der Waals surface area contributed by atoms with Crippen LogP contribution in [0.2, 0.25) is 0 Å². The van der Waals surface area contributed by atoms with Crippen LogP contribution >= 0.6 is 0 Å². The molecule has 1 aromatic carbocycles. The van der Waals surface area contributed by atoms with E-state index in [1.54, 1.807) is 12.3 Å². The van der Waals surface area contributed by atoms with Gasteiger partial charge >= 0.3 is 6.18 Å². The average Bonchev–Trinajstić information content (AvgIpc) is 2.89. The lowest BCUT2D eigenvalue weighted by Crippen LogP contribution is -2.06. The number of aromatic nitrogens is 2. The fourth-order valence-corrected chi connectivity index (χ4v) is 2.46. The van der Waals surface area contributed by atoms with Gasteiger partial charge in [-0.05, 0) is 30.2 Å². The smallest absolute Gasteiger partial charge is 0.416 e. The van der Waals surface area contributed by atoms with E-state index in [0.717, 1.165) is 28.8 Å². The molecule has 7 heteroatoms. The number of alkyl halides is 3. The number of ether oxygens (including phenoxy) is 1. The molecule has 0 fully saturated rings. The average molecular weight is 335 g/mol. The minimum Gasteiger partial charge on any atom is -0.477 e. The van der Waals surface area contributed by atoms with Crippen LogP contribution in [0.4, 0.5) is 18.9 Å². The summed E-state index contributed by atoms with van der Waals surface area (Å²) in [7, 11) is 0. The molecule has 24 heavy (non-hydrogen) atoms. The van der Waals surface area contributed by atoms with Gasteiger partial charge in [0.05, 0.1) is 23.4 Å². The molecule has 0 aliphatic heterocycles. The predicted octanol–water partition coefficient (Wildman–Crippen LogP) is 4.09. The molecule has 3 rings (SSSR count). The number of nitrogens with one attached hydrogen (secondary N) is 1. The summed E-state index contributed by atoms with van der Waals surface area (Å²) in [5, 5.41) is 0. The zero-order valence-corrected chi connectivity index (χ0v) is 12.9. The second kappa shape index (κ2) is 6.07. The Morgan fingerprint density at radius 1 is 1.21 bits per heavy atom. The maximum atomic E-state index is 12.5. The zero-order valence-electron chi connectivity index (χ0n) is 12.9. The molecule has 0 unspecified atom stereocenters. The third kappa shape index (κ3) is 3.29. The highest BCUT2D eigenvalue weighted by molar-refractivity contribution is 5.89. The SMILES string of the molecule is Cc1cc(OCCc2ccc(C(F)(F)F)cc2)nc2c(N)c[nH]c12. The summed E-state index contributed by atoms with van der Waals surface area (Å²) in [4.78, 5) is 7.39. The van der Waals surface area contributed by atoms with Gasteiger partial charge in [0.2, 0.25) is 5.88 Å². The number of fused-ring (bicyclic) bond motifs is 1. The van der Waals surface area contributed by atoms with Gasteiger partial charge in [0.15, 0.2) is 0 Å². The second-order valence-electron chi connectivity index (χ2n) is 5.54. The van der Waals surface area contributed by atoms with Crippen LogP contribution in [-0.4, -0.2) is 16.6 Å². The van der Waals surface area contributed by atoms with Crippen molar-refractivity contribution in [3.8, 4) is 5.88 Å². The van der Waals surface area contributed by atoms with Crippen LogP contribution in [0.1, 0.15) is 16.7 Å². The number of aromatic amines is 1. The predicted molar refractivity (Wildman–Crippen MR) is 85.9 cm³/mol. The molecule has 0 saturated heterocycles. The highest BCUT2D eigenvalue weighted by Crippen LogP contribution is 2.29. The maximum absolute atomic E-state index is 12.5. The number of nitrogen functional groups attached to an aromatic ring is 1. The van der Waals surface area contributed by atoms with Crippen molar-refractivity contribution in [3.63, 3.8) is 0 Å². The highest BCUT2D eigenvalue weighted by Gasteiger charge is 2.29. The summed E-state index contributed by atoms with van der Waals surface area (Å²) in [6, 6.07) is 6.86. The van der Waals surface area contributed by atoms with Gasteiger partial charge in [-0.25, -0.2) is 4.98 Å². The molecule has 0 bridgehead atoms. The van der Waals surface area contributed by atoms with Crippen molar-refractivity contribution in [2.45, 2.75) is 19.5 Å². The molecular formula is C17H16F3N3O. The molecule has 0 saturated carbocycles. The van der Waals surface area contributed by atoms with E-state index in [1.807, 2.05) is 6.92 Å². The van der Waals surface area contributed by atoms with Crippen molar-refractivity contribution in [2.24, 2.45) is 0 Å². The fourth-order valence-electron chi connectivity index (χ4n) is 2.46. The Morgan fingerprint density at radius 2 is 1.92 bits per heavy atom. The number of nitrogens with zero attached hydrogens (tertiary/aromatic N) is 1. The van der Waals surface area contributed by atoms with E-state index in [-0.39, 0.29) is 0 Å². The summed E-state index contributed by atoms with van der Waals surface area (Å²) >= 11 is 0. The van der Waals surface area contributed by atoms with E-state index < -0.39 is 11.7 Å². The molecule has 126 valence electrons. The second-order valence-corrected chi connectivity index (χ2v) is 5.54. The van der Waals surface area contributed by atoms with E-state index in [1.165, 1.54) is 12.1 Å². The van der Waals surface area contributed by atoms with E-state index in [2.05, 4.69) is 9.97 Å². The molecule has 0 radical (unpaired) electrons. The van der Waals surface area contributed by atoms with Crippen LogP contribution in [0.3, 0.4) is 0 Å². The van der Waals surface area contributed by atoms with Crippen LogP contribution in [-0.2, 0) is 12.6 Å². The van der Waals surface area contributed by atoms with Gasteiger partial charge in [-0.15, -0.1) is 0 Å². The Morgan fingerprint density at radius 3 is 2.58 bits per heavy atom. The normalized spacial score (nSPS) is 11.8. The van der Waals surface area contributed by atoms with Gasteiger partial charge in [0, 0.05) is 18.7 Å². The zero-order chi connectivity index (χ0) is 17.3. The largest absolute Gasteiger partial charge is 0.477 e. The number of benzene rings is 1. The topological polar surface area (TPSA) is 63.9 Å². The minimum atomic E-state index is -4.32. The van der Waals surface area contributed by atoms with E-state index in [4.69, 9.17) is 10.5 Å². The molecule has 0 atom stereocenters. The number of rotatable bonds is 4. The van der Waals surface area contributed by atoms with E-state index >= 15 is 0 Å². The molecule has 3 N–H and O–H groups in total. The molecule has 0 amide bonds. The first kappa shape index (κ1) is 16.2. The van der Waals surface area contributed by atoms with Crippen LogP contribution in [0.15, 0.2) is 36.5 Å². The summed E-state index contributed by atoms with van der Waals surface area (Å²) in [6.45, 7) is 2.23. The number of hydrogen-bond acceptors (Lipinski definition) is 3. The quantitative estimate of drug-likeness (QED) is 0.755. The van der Waals surface area contributed by atoms with E-state index in [9.17, 15) is 13.2 Å². The third-order valence-corrected chi connectivity index (χ3v) is 3.76. The molecule has 0 spiro atoms. The fraction of sp³-hybridized carbons (Fsp3) is 0.235. The molecule has 2 aromatic heterocycles. The standard InChI is InChI=1S/C17H16F3N3O/c1-10-8-14(23-16-13(21)9-22-15(10)16)24-7-6-11-2-4-12(5-3-11)17(18,19)20/h2-5,8-9,22H,6-7,21H2,1H3. The van der Waals surface area contributed by atoms with Gasteiger partial charge in [-0.1, -0.05) is 12.1 Å². The number of halogens is 3. The van der Waals surface area contributed by atoms with Gasteiger partial charge in [-0.3, -0.25) is 0 Å². The van der Waals surface area contributed by atoms with Crippen LogP contribution in [0, 0.1) is 6.92 Å².